The molecule has 2 N–H and O–H groups in total. The molecule has 0 saturated carbocycles. The molecule has 1 heterocycles. The second kappa shape index (κ2) is 8.51. The fourth-order valence-corrected chi connectivity index (χ4v) is 4.33. The van der Waals surface area contributed by atoms with Gasteiger partial charge in [-0.05, 0) is 50.5 Å². The summed E-state index contributed by atoms with van der Waals surface area (Å²) in [6, 6.07) is 4.74. The van der Waals surface area contributed by atoms with Gasteiger partial charge in [-0.3, -0.25) is 14.4 Å². The largest absolute Gasteiger partial charge is 0.451 e. The van der Waals surface area contributed by atoms with E-state index in [1.807, 2.05) is 19.9 Å². The molecule has 1 fully saturated rings. The van der Waals surface area contributed by atoms with Crippen LogP contribution >= 0.6 is 0 Å². The summed E-state index contributed by atoms with van der Waals surface area (Å²) in [5, 5.41) is 5.01. The lowest BCUT2D eigenvalue weighted by Gasteiger charge is -2.16. The van der Waals surface area contributed by atoms with E-state index in [1.165, 1.54) is 6.92 Å². The minimum absolute atomic E-state index is 0.0383. The fourth-order valence-electron chi connectivity index (χ4n) is 2.66. The van der Waals surface area contributed by atoms with E-state index in [9.17, 15) is 22.8 Å². The Bertz CT molecular complexity index is 849. The molecule has 1 aliphatic rings. The Morgan fingerprint density at radius 3 is 2.52 bits per heavy atom. The van der Waals surface area contributed by atoms with Gasteiger partial charge in [-0.1, -0.05) is 6.07 Å². The molecule has 0 bridgehead atoms. The highest BCUT2D eigenvalue weighted by Crippen LogP contribution is 2.12. The van der Waals surface area contributed by atoms with E-state index in [2.05, 4.69) is 10.6 Å². The zero-order valence-electron chi connectivity index (χ0n) is 15.6. The van der Waals surface area contributed by atoms with E-state index < -0.39 is 39.8 Å². The van der Waals surface area contributed by atoms with E-state index in [4.69, 9.17) is 4.74 Å². The van der Waals surface area contributed by atoms with Crippen molar-refractivity contribution < 1.29 is 27.5 Å². The van der Waals surface area contributed by atoms with Crippen molar-refractivity contribution in [3.63, 3.8) is 0 Å². The van der Waals surface area contributed by atoms with Crippen molar-refractivity contribution in [1.29, 1.82) is 0 Å². The van der Waals surface area contributed by atoms with Gasteiger partial charge in [0.15, 0.2) is 15.9 Å². The quantitative estimate of drug-likeness (QED) is 0.666. The molecule has 1 saturated heterocycles. The molecule has 148 valence electrons. The van der Waals surface area contributed by atoms with Gasteiger partial charge in [-0.15, -0.1) is 0 Å². The number of nitrogens with one attached hydrogen (secondary N) is 2. The topological polar surface area (TPSA) is 119 Å². The lowest BCUT2D eigenvalue weighted by Crippen LogP contribution is -2.43. The molecule has 1 aromatic rings. The highest BCUT2D eigenvalue weighted by atomic mass is 32.2. The fraction of sp³-hybridized carbons (Fsp3) is 0.500. The normalized spacial score (nSPS) is 19.1. The Morgan fingerprint density at radius 2 is 1.93 bits per heavy atom. The second-order valence-corrected chi connectivity index (χ2v) is 8.95. The summed E-state index contributed by atoms with van der Waals surface area (Å²) in [5.41, 5.74) is 2.45. The number of rotatable bonds is 6. The van der Waals surface area contributed by atoms with Crippen LogP contribution in [0.4, 0.5) is 0 Å². The van der Waals surface area contributed by atoms with Gasteiger partial charge in [-0.2, -0.15) is 0 Å². The van der Waals surface area contributed by atoms with Crippen molar-refractivity contribution in [3.8, 4) is 0 Å². The maximum Gasteiger partial charge on any atom is 0.326 e. The standard InChI is InChI=1S/C18H24N2O6S/c1-11-4-5-14(8-12(11)2)18(23)19-9-16(21)26-13(3)17(22)20-15-6-7-27(24,25)10-15/h4-5,8,13,15H,6-7,9-10H2,1-3H3,(H,19,23)(H,20,22)/t13-,15-/m0/s1. The van der Waals surface area contributed by atoms with Crippen molar-refractivity contribution >= 4 is 27.6 Å². The smallest absolute Gasteiger partial charge is 0.326 e. The zero-order chi connectivity index (χ0) is 20.2. The Kier molecular flexibility index (Phi) is 6.59. The molecular formula is C18H24N2O6S. The lowest BCUT2D eigenvalue weighted by molar-refractivity contribution is -0.154. The first-order valence-corrected chi connectivity index (χ1v) is 10.5. The SMILES string of the molecule is Cc1ccc(C(=O)NCC(=O)O[C@@H](C)C(=O)N[C@H]2CCS(=O)(=O)C2)cc1C. The van der Waals surface area contributed by atoms with Crippen LogP contribution in [0, 0.1) is 13.8 Å². The zero-order valence-corrected chi connectivity index (χ0v) is 16.4. The highest BCUT2D eigenvalue weighted by molar-refractivity contribution is 7.91. The van der Waals surface area contributed by atoms with Gasteiger partial charge in [0, 0.05) is 11.6 Å². The molecule has 8 nitrogen and oxygen atoms in total. The van der Waals surface area contributed by atoms with Crippen LogP contribution in [0.15, 0.2) is 18.2 Å². The molecule has 0 unspecified atom stereocenters. The Labute approximate surface area is 158 Å². The highest BCUT2D eigenvalue weighted by Gasteiger charge is 2.30. The number of hydrogen-bond acceptors (Lipinski definition) is 6. The molecule has 2 amide bonds. The van der Waals surface area contributed by atoms with Gasteiger partial charge in [-0.25, -0.2) is 8.42 Å². The monoisotopic (exact) mass is 396 g/mol. The summed E-state index contributed by atoms with van der Waals surface area (Å²) in [7, 11) is -3.11. The second-order valence-electron chi connectivity index (χ2n) is 6.72. The molecule has 0 aliphatic carbocycles. The Morgan fingerprint density at radius 1 is 1.22 bits per heavy atom. The number of aryl methyl sites for hydroxylation is 2. The van der Waals surface area contributed by atoms with Crippen LogP contribution in [0.25, 0.3) is 0 Å². The molecular weight excluding hydrogens is 372 g/mol. The van der Waals surface area contributed by atoms with Crippen molar-refractivity contribution in [2.75, 3.05) is 18.1 Å². The third kappa shape index (κ3) is 6.06. The van der Waals surface area contributed by atoms with Crippen LogP contribution in [-0.4, -0.2) is 56.4 Å². The van der Waals surface area contributed by atoms with E-state index >= 15 is 0 Å². The van der Waals surface area contributed by atoms with E-state index in [0.29, 0.717) is 12.0 Å². The molecule has 1 aliphatic heterocycles. The van der Waals surface area contributed by atoms with E-state index in [-0.39, 0.29) is 18.1 Å². The summed E-state index contributed by atoms with van der Waals surface area (Å²) in [6.45, 7) is 4.83. The number of benzene rings is 1. The summed E-state index contributed by atoms with van der Waals surface area (Å²) in [6.07, 6.45) is -0.736. The molecule has 27 heavy (non-hydrogen) atoms. The Balaban J connectivity index is 1.78. The molecule has 0 radical (unpaired) electrons. The van der Waals surface area contributed by atoms with Gasteiger partial charge in [0.05, 0.1) is 11.5 Å². The molecule has 0 spiro atoms. The number of amides is 2. The minimum Gasteiger partial charge on any atom is -0.451 e. The minimum atomic E-state index is -3.11. The van der Waals surface area contributed by atoms with Crippen LogP contribution in [0.3, 0.4) is 0 Å². The van der Waals surface area contributed by atoms with Crippen molar-refractivity contribution in [2.45, 2.75) is 39.3 Å². The Hall–Kier alpha value is -2.42. The molecule has 2 rings (SSSR count). The van der Waals surface area contributed by atoms with Gasteiger partial charge in [0.1, 0.15) is 6.54 Å². The van der Waals surface area contributed by atoms with Crippen LogP contribution in [-0.2, 0) is 24.2 Å². The predicted molar refractivity (Wildman–Crippen MR) is 99.0 cm³/mol. The molecule has 0 aromatic heterocycles. The number of carbonyl (C=O) groups is 3. The van der Waals surface area contributed by atoms with Gasteiger partial charge in [0.25, 0.3) is 11.8 Å². The van der Waals surface area contributed by atoms with Gasteiger partial charge < -0.3 is 15.4 Å². The van der Waals surface area contributed by atoms with Gasteiger partial charge in [0.2, 0.25) is 0 Å². The average Bonchev–Trinajstić information content (AvgIpc) is 2.93. The third-order valence-electron chi connectivity index (χ3n) is 4.42. The number of carbonyl (C=O) groups excluding carboxylic acids is 3. The first kappa shape index (κ1) is 20.9. The third-order valence-corrected chi connectivity index (χ3v) is 6.19. The number of esters is 1. The number of sulfone groups is 1. The summed E-state index contributed by atoms with van der Waals surface area (Å²) < 4.78 is 27.8. The number of ether oxygens (including phenoxy) is 1. The van der Waals surface area contributed by atoms with Gasteiger partial charge >= 0.3 is 5.97 Å². The summed E-state index contributed by atoms with van der Waals surface area (Å²) in [5.74, 6) is -1.80. The first-order valence-electron chi connectivity index (χ1n) is 8.63. The van der Waals surface area contributed by atoms with Crippen LogP contribution < -0.4 is 10.6 Å². The summed E-state index contributed by atoms with van der Waals surface area (Å²) >= 11 is 0. The van der Waals surface area contributed by atoms with Crippen molar-refractivity contribution in [1.82, 2.24) is 10.6 Å². The van der Waals surface area contributed by atoms with E-state index in [0.717, 1.165) is 11.1 Å². The van der Waals surface area contributed by atoms with Crippen LogP contribution in [0.2, 0.25) is 0 Å². The predicted octanol–water partition coefficient (Wildman–Crippen LogP) is 0.268. The van der Waals surface area contributed by atoms with E-state index in [1.54, 1.807) is 12.1 Å². The number of hydrogen-bond donors (Lipinski definition) is 2. The average molecular weight is 396 g/mol. The molecule has 1 aromatic carbocycles. The summed E-state index contributed by atoms with van der Waals surface area (Å²) in [4.78, 5) is 35.9. The maximum absolute atomic E-state index is 12.1. The lowest BCUT2D eigenvalue weighted by atomic mass is 10.1. The van der Waals surface area contributed by atoms with Crippen LogP contribution in [0.1, 0.15) is 34.8 Å². The van der Waals surface area contributed by atoms with Crippen molar-refractivity contribution in [3.05, 3.63) is 34.9 Å². The molecule has 2 atom stereocenters. The van der Waals surface area contributed by atoms with Crippen LogP contribution in [0.5, 0.6) is 0 Å². The van der Waals surface area contributed by atoms with Crippen molar-refractivity contribution in [2.24, 2.45) is 0 Å². The molecule has 9 heteroatoms. The maximum atomic E-state index is 12.1. The first-order chi connectivity index (χ1) is 12.6.